The number of aromatic amines is 2. The molecule has 3 aromatic rings. The summed E-state index contributed by atoms with van der Waals surface area (Å²) in [4.78, 5) is 23.0. The van der Waals surface area contributed by atoms with E-state index in [1.54, 1.807) is 12.1 Å². The van der Waals surface area contributed by atoms with Gasteiger partial charge in [-0.3, -0.25) is 14.3 Å². The molecule has 3 rings (SSSR count). The molecule has 0 radical (unpaired) electrons. The maximum atomic E-state index is 11.5. The SMILES string of the molecule is O=c1[nH][nH]c(=O)n2c1cc1ccccc12. The molecule has 0 amide bonds. The zero-order valence-electron chi connectivity index (χ0n) is 7.65. The van der Waals surface area contributed by atoms with E-state index in [-0.39, 0.29) is 11.2 Å². The van der Waals surface area contributed by atoms with Gasteiger partial charge in [-0.05, 0) is 12.1 Å². The van der Waals surface area contributed by atoms with Crippen LogP contribution in [0.5, 0.6) is 0 Å². The van der Waals surface area contributed by atoms with E-state index in [9.17, 15) is 9.59 Å². The van der Waals surface area contributed by atoms with Crippen molar-refractivity contribution in [1.82, 2.24) is 14.6 Å². The molecule has 0 spiro atoms. The van der Waals surface area contributed by atoms with Crippen molar-refractivity contribution >= 4 is 16.4 Å². The molecule has 0 aliphatic rings. The Morgan fingerprint density at radius 1 is 1.00 bits per heavy atom. The van der Waals surface area contributed by atoms with E-state index >= 15 is 0 Å². The molecule has 0 atom stereocenters. The first kappa shape index (κ1) is 8.05. The van der Waals surface area contributed by atoms with Crippen molar-refractivity contribution in [3.8, 4) is 0 Å². The summed E-state index contributed by atoms with van der Waals surface area (Å²) < 4.78 is 1.37. The Balaban J connectivity index is 2.79. The molecular formula is C10H7N3O2. The van der Waals surface area contributed by atoms with Gasteiger partial charge in [0.2, 0.25) is 0 Å². The van der Waals surface area contributed by atoms with Crippen LogP contribution >= 0.6 is 0 Å². The molecule has 0 bridgehead atoms. The summed E-state index contributed by atoms with van der Waals surface area (Å²) in [5.41, 5.74) is 0.455. The number of aromatic nitrogens is 3. The molecule has 0 saturated carbocycles. The summed E-state index contributed by atoms with van der Waals surface area (Å²) in [5, 5.41) is 5.46. The molecule has 0 fully saturated rings. The first-order valence-corrected chi connectivity index (χ1v) is 4.48. The van der Waals surface area contributed by atoms with Crippen LogP contribution in [0.15, 0.2) is 39.9 Å². The first-order chi connectivity index (χ1) is 7.27. The highest BCUT2D eigenvalue weighted by Gasteiger charge is 2.06. The normalized spacial score (nSPS) is 11.2. The van der Waals surface area contributed by atoms with Gasteiger partial charge in [0.15, 0.2) is 0 Å². The lowest BCUT2D eigenvalue weighted by atomic mass is 10.2. The number of benzene rings is 1. The van der Waals surface area contributed by atoms with E-state index in [1.807, 2.05) is 18.2 Å². The predicted molar refractivity (Wildman–Crippen MR) is 56.1 cm³/mol. The van der Waals surface area contributed by atoms with Gasteiger partial charge in [0.05, 0.1) is 5.52 Å². The number of nitrogens with zero attached hydrogens (tertiary/aromatic N) is 1. The fraction of sp³-hybridized carbons (Fsp3) is 0. The number of H-pyrrole nitrogens is 2. The Hall–Kier alpha value is -2.30. The molecule has 74 valence electrons. The number of hydrogen-bond acceptors (Lipinski definition) is 2. The number of fused-ring (bicyclic) bond motifs is 3. The third-order valence-corrected chi connectivity index (χ3v) is 2.43. The number of rotatable bonds is 0. The Labute approximate surface area is 83.0 Å². The van der Waals surface area contributed by atoms with Crippen molar-refractivity contribution in [2.75, 3.05) is 0 Å². The highest BCUT2D eigenvalue weighted by atomic mass is 16.2. The Morgan fingerprint density at radius 3 is 2.67 bits per heavy atom. The monoisotopic (exact) mass is 201 g/mol. The number of nitrogens with one attached hydrogen (secondary N) is 2. The molecule has 15 heavy (non-hydrogen) atoms. The molecule has 5 heteroatoms. The summed E-state index contributed by atoms with van der Waals surface area (Å²) in [7, 11) is 0. The Kier molecular flexibility index (Phi) is 1.39. The topological polar surface area (TPSA) is 70.1 Å². The van der Waals surface area contributed by atoms with E-state index in [2.05, 4.69) is 10.2 Å². The van der Waals surface area contributed by atoms with Crippen LogP contribution in [0.3, 0.4) is 0 Å². The minimum Gasteiger partial charge on any atom is -0.266 e. The van der Waals surface area contributed by atoms with Gasteiger partial charge >= 0.3 is 5.69 Å². The van der Waals surface area contributed by atoms with Gasteiger partial charge < -0.3 is 0 Å². The molecule has 0 unspecified atom stereocenters. The molecule has 0 aliphatic heterocycles. The van der Waals surface area contributed by atoms with Crippen LogP contribution in [-0.4, -0.2) is 14.6 Å². The second kappa shape index (κ2) is 2.60. The number of hydrogen-bond donors (Lipinski definition) is 2. The fourth-order valence-electron chi connectivity index (χ4n) is 1.77. The fourth-order valence-corrected chi connectivity index (χ4v) is 1.77. The Morgan fingerprint density at radius 2 is 1.80 bits per heavy atom. The van der Waals surface area contributed by atoms with Crippen LogP contribution in [0.25, 0.3) is 16.4 Å². The summed E-state index contributed by atoms with van der Waals surface area (Å²) in [5.74, 6) is 0. The van der Waals surface area contributed by atoms with Crippen LogP contribution in [-0.2, 0) is 0 Å². The highest BCUT2D eigenvalue weighted by molar-refractivity contribution is 5.86. The summed E-state index contributed by atoms with van der Waals surface area (Å²) >= 11 is 0. The zero-order chi connectivity index (χ0) is 10.4. The van der Waals surface area contributed by atoms with Gasteiger partial charge in [-0.25, -0.2) is 9.89 Å². The van der Waals surface area contributed by atoms with Gasteiger partial charge in [0.25, 0.3) is 5.56 Å². The first-order valence-electron chi connectivity index (χ1n) is 4.48. The van der Waals surface area contributed by atoms with E-state index in [1.165, 1.54) is 4.40 Å². The molecule has 5 nitrogen and oxygen atoms in total. The minimum atomic E-state index is -0.342. The van der Waals surface area contributed by atoms with Crippen LogP contribution in [0.1, 0.15) is 0 Å². The highest BCUT2D eigenvalue weighted by Crippen LogP contribution is 2.14. The van der Waals surface area contributed by atoms with Crippen molar-refractivity contribution < 1.29 is 0 Å². The van der Waals surface area contributed by atoms with E-state index in [0.29, 0.717) is 5.52 Å². The second-order valence-corrected chi connectivity index (χ2v) is 3.31. The van der Waals surface area contributed by atoms with Gasteiger partial charge in [-0.15, -0.1) is 0 Å². The standard InChI is InChI=1S/C10H7N3O2/c14-9-8-5-6-3-1-2-4-7(6)13(8)10(15)12-11-9/h1-5H,(H,11,14)(H,12,15). The van der Waals surface area contributed by atoms with Crippen LogP contribution in [0, 0.1) is 0 Å². The molecule has 2 aromatic heterocycles. The predicted octanol–water partition coefficient (Wildman–Crippen LogP) is 0.469. The second-order valence-electron chi connectivity index (χ2n) is 3.31. The summed E-state index contributed by atoms with van der Waals surface area (Å²) in [6.07, 6.45) is 0. The molecular weight excluding hydrogens is 194 g/mol. The molecule has 2 heterocycles. The van der Waals surface area contributed by atoms with Crippen molar-refractivity contribution in [2.45, 2.75) is 0 Å². The zero-order valence-corrected chi connectivity index (χ0v) is 7.65. The van der Waals surface area contributed by atoms with Crippen molar-refractivity contribution in [3.63, 3.8) is 0 Å². The van der Waals surface area contributed by atoms with E-state index in [4.69, 9.17) is 0 Å². The van der Waals surface area contributed by atoms with Crippen LogP contribution < -0.4 is 11.2 Å². The van der Waals surface area contributed by atoms with Crippen LogP contribution in [0.4, 0.5) is 0 Å². The van der Waals surface area contributed by atoms with Gasteiger partial charge in [0, 0.05) is 5.39 Å². The lowest BCUT2D eigenvalue weighted by Crippen LogP contribution is -2.25. The molecule has 0 aliphatic carbocycles. The summed E-state index contributed by atoms with van der Waals surface area (Å²) in [6, 6.07) is 9.06. The van der Waals surface area contributed by atoms with Crippen molar-refractivity contribution in [3.05, 3.63) is 51.2 Å². The lowest BCUT2D eigenvalue weighted by molar-refractivity contribution is 0.878. The average Bonchev–Trinajstić information content (AvgIpc) is 2.64. The van der Waals surface area contributed by atoms with Crippen molar-refractivity contribution in [1.29, 1.82) is 0 Å². The maximum Gasteiger partial charge on any atom is 0.345 e. The molecule has 0 saturated heterocycles. The third kappa shape index (κ3) is 0.969. The van der Waals surface area contributed by atoms with E-state index < -0.39 is 0 Å². The molecule has 2 N–H and O–H groups in total. The lowest BCUT2D eigenvalue weighted by Gasteiger charge is -1.93. The van der Waals surface area contributed by atoms with Crippen molar-refractivity contribution in [2.24, 2.45) is 0 Å². The maximum absolute atomic E-state index is 11.5. The van der Waals surface area contributed by atoms with Gasteiger partial charge in [-0.1, -0.05) is 18.2 Å². The largest absolute Gasteiger partial charge is 0.345 e. The third-order valence-electron chi connectivity index (χ3n) is 2.43. The van der Waals surface area contributed by atoms with Crippen LogP contribution in [0.2, 0.25) is 0 Å². The molecule has 1 aromatic carbocycles. The quantitative estimate of drug-likeness (QED) is 0.555. The Bertz CT molecular complexity index is 763. The van der Waals surface area contributed by atoms with Gasteiger partial charge in [-0.2, -0.15) is 0 Å². The van der Waals surface area contributed by atoms with Gasteiger partial charge in [0.1, 0.15) is 5.52 Å². The minimum absolute atomic E-state index is 0.300. The number of para-hydroxylation sites is 1. The smallest absolute Gasteiger partial charge is 0.266 e. The summed E-state index contributed by atoms with van der Waals surface area (Å²) in [6.45, 7) is 0. The van der Waals surface area contributed by atoms with E-state index in [0.717, 1.165) is 10.9 Å². The average molecular weight is 201 g/mol.